The molecule has 1 saturated heterocycles. The number of phenolic OH excluding ortho intramolecular Hbond substituents is 1. The van der Waals surface area contributed by atoms with Crippen LogP contribution in [0.1, 0.15) is 55.4 Å². The van der Waals surface area contributed by atoms with Crippen LogP contribution in [0.5, 0.6) is 5.75 Å². The number of piperidine rings is 1. The standard InChI is InChI=1S/C31H29ClN4O5/c1-35-28(23-5-3-4-6-27(23)37)25(18-33-35)29(38)34-22-11-12-26(32)24(17-22)30(39)36-15-13-20(14-16-36)19-7-9-21(10-8-19)31(40)41-2/h3-12,17-18,20,37H,13-16H2,1-2H3,(H,34,38). The summed E-state index contributed by atoms with van der Waals surface area (Å²) in [7, 11) is 3.05. The molecule has 1 aliphatic heterocycles. The summed E-state index contributed by atoms with van der Waals surface area (Å²) >= 11 is 6.43. The van der Waals surface area contributed by atoms with Crippen molar-refractivity contribution in [1.29, 1.82) is 0 Å². The molecule has 0 saturated carbocycles. The number of likely N-dealkylation sites (tertiary alicyclic amines) is 1. The number of ether oxygens (including phenoxy) is 1. The number of hydrogen-bond donors (Lipinski definition) is 2. The van der Waals surface area contributed by atoms with Gasteiger partial charge in [-0.1, -0.05) is 35.9 Å². The number of carbonyl (C=O) groups excluding carboxylic acids is 3. The molecule has 1 aliphatic rings. The number of aryl methyl sites for hydroxylation is 1. The lowest BCUT2D eigenvalue weighted by Crippen LogP contribution is -2.38. The van der Waals surface area contributed by atoms with Gasteiger partial charge in [0.1, 0.15) is 5.75 Å². The van der Waals surface area contributed by atoms with E-state index in [1.54, 1.807) is 66.5 Å². The van der Waals surface area contributed by atoms with Gasteiger partial charge < -0.3 is 20.1 Å². The van der Waals surface area contributed by atoms with Crippen LogP contribution in [0, 0.1) is 0 Å². The molecule has 0 aliphatic carbocycles. The Hall–Kier alpha value is -4.63. The molecule has 2 amide bonds. The van der Waals surface area contributed by atoms with Crippen LogP contribution in [0.2, 0.25) is 5.02 Å². The van der Waals surface area contributed by atoms with Crippen molar-refractivity contribution >= 4 is 35.1 Å². The number of aromatic nitrogens is 2. The predicted molar refractivity (Wildman–Crippen MR) is 155 cm³/mol. The largest absolute Gasteiger partial charge is 0.507 e. The summed E-state index contributed by atoms with van der Waals surface area (Å²) in [6.07, 6.45) is 2.98. The van der Waals surface area contributed by atoms with Crippen LogP contribution in [-0.2, 0) is 11.8 Å². The van der Waals surface area contributed by atoms with E-state index < -0.39 is 5.91 Å². The molecular formula is C31H29ClN4O5. The maximum atomic E-state index is 13.4. The predicted octanol–water partition coefficient (Wildman–Crippen LogP) is 5.50. The molecule has 3 aromatic carbocycles. The second kappa shape index (κ2) is 11.9. The molecule has 2 heterocycles. The number of hydrogen-bond acceptors (Lipinski definition) is 6. The molecule has 5 rings (SSSR count). The second-order valence-electron chi connectivity index (χ2n) is 9.88. The zero-order valence-electron chi connectivity index (χ0n) is 22.6. The van der Waals surface area contributed by atoms with Gasteiger partial charge in [0.05, 0.1) is 40.7 Å². The van der Waals surface area contributed by atoms with Crippen LogP contribution in [-0.4, -0.2) is 57.8 Å². The van der Waals surface area contributed by atoms with E-state index in [2.05, 4.69) is 10.4 Å². The molecule has 0 radical (unpaired) electrons. The monoisotopic (exact) mass is 572 g/mol. The zero-order valence-corrected chi connectivity index (χ0v) is 23.4. The minimum atomic E-state index is -0.434. The van der Waals surface area contributed by atoms with Crippen LogP contribution in [0.3, 0.4) is 0 Å². The number of phenols is 1. The lowest BCUT2D eigenvalue weighted by molar-refractivity contribution is 0.0599. The zero-order chi connectivity index (χ0) is 29.1. The number of amides is 2. The fourth-order valence-corrected chi connectivity index (χ4v) is 5.36. The van der Waals surface area contributed by atoms with Crippen LogP contribution in [0.15, 0.2) is 72.9 Å². The van der Waals surface area contributed by atoms with Gasteiger partial charge >= 0.3 is 5.97 Å². The first-order valence-electron chi connectivity index (χ1n) is 13.2. The highest BCUT2D eigenvalue weighted by Crippen LogP contribution is 2.33. The Balaban J connectivity index is 1.27. The maximum Gasteiger partial charge on any atom is 0.337 e. The summed E-state index contributed by atoms with van der Waals surface area (Å²) in [5.74, 6) is -0.710. The van der Waals surface area contributed by atoms with Crippen LogP contribution in [0.4, 0.5) is 5.69 Å². The van der Waals surface area contributed by atoms with Crippen molar-refractivity contribution in [3.8, 4) is 17.0 Å². The molecular weight excluding hydrogens is 544 g/mol. The van der Waals surface area contributed by atoms with Crippen LogP contribution >= 0.6 is 11.6 Å². The highest BCUT2D eigenvalue weighted by molar-refractivity contribution is 6.34. The molecule has 1 fully saturated rings. The molecule has 0 bridgehead atoms. The van der Waals surface area contributed by atoms with E-state index in [-0.39, 0.29) is 29.1 Å². The quantitative estimate of drug-likeness (QED) is 0.295. The number of esters is 1. The smallest absolute Gasteiger partial charge is 0.337 e. The Morgan fingerprint density at radius 2 is 1.71 bits per heavy atom. The molecule has 0 atom stereocenters. The number of methoxy groups -OCH3 is 1. The Morgan fingerprint density at radius 1 is 1.00 bits per heavy atom. The molecule has 2 N–H and O–H groups in total. The number of anilines is 1. The van der Waals surface area contributed by atoms with Gasteiger partial charge in [-0.15, -0.1) is 0 Å². The Morgan fingerprint density at radius 3 is 2.39 bits per heavy atom. The molecule has 210 valence electrons. The number of halogens is 1. The van der Waals surface area contributed by atoms with E-state index >= 15 is 0 Å². The van der Waals surface area contributed by atoms with Gasteiger partial charge in [-0.25, -0.2) is 4.79 Å². The van der Waals surface area contributed by atoms with Crippen molar-refractivity contribution < 1.29 is 24.2 Å². The van der Waals surface area contributed by atoms with Gasteiger partial charge in [0, 0.05) is 31.4 Å². The Bertz CT molecular complexity index is 1610. The van der Waals surface area contributed by atoms with Gasteiger partial charge in [-0.05, 0) is 66.8 Å². The second-order valence-corrected chi connectivity index (χ2v) is 10.3. The molecule has 10 heteroatoms. The molecule has 9 nitrogen and oxygen atoms in total. The average Bonchev–Trinajstić information content (AvgIpc) is 3.38. The summed E-state index contributed by atoms with van der Waals surface area (Å²) < 4.78 is 6.29. The van der Waals surface area contributed by atoms with Gasteiger partial charge in [0.2, 0.25) is 0 Å². The molecule has 0 unspecified atom stereocenters. The highest BCUT2D eigenvalue weighted by atomic mass is 35.5. The molecule has 0 spiro atoms. The van der Waals surface area contributed by atoms with Crippen molar-refractivity contribution in [2.24, 2.45) is 7.05 Å². The van der Waals surface area contributed by atoms with Crippen molar-refractivity contribution in [3.05, 3.63) is 100 Å². The lowest BCUT2D eigenvalue weighted by Gasteiger charge is -2.32. The first-order valence-corrected chi connectivity index (χ1v) is 13.5. The minimum Gasteiger partial charge on any atom is -0.507 e. The third-order valence-electron chi connectivity index (χ3n) is 7.38. The third-order valence-corrected chi connectivity index (χ3v) is 7.71. The number of aromatic hydroxyl groups is 1. The summed E-state index contributed by atoms with van der Waals surface area (Å²) in [5, 5.41) is 17.7. The minimum absolute atomic E-state index is 0.0338. The summed E-state index contributed by atoms with van der Waals surface area (Å²) in [5.41, 5.74) is 3.56. The Kier molecular flexibility index (Phi) is 8.07. The summed E-state index contributed by atoms with van der Waals surface area (Å²) in [4.78, 5) is 40.2. The number of benzene rings is 3. The van der Waals surface area contributed by atoms with Crippen molar-refractivity contribution in [3.63, 3.8) is 0 Å². The Labute approximate surface area is 242 Å². The first kappa shape index (κ1) is 27.9. The van der Waals surface area contributed by atoms with E-state index in [0.717, 1.165) is 18.4 Å². The number of nitrogens with one attached hydrogen (secondary N) is 1. The molecule has 41 heavy (non-hydrogen) atoms. The topological polar surface area (TPSA) is 114 Å². The van der Waals surface area contributed by atoms with E-state index in [1.165, 1.54) is 18.0 Å². The van der Waals surface area contributed by atoms with Gasteiger partial charge in [-0.3, -0.25) is 14.3 Å². The summed E-state index contributed by atoms with van der Waals surface area (Å²) in [6, 6.07) is 18.9. The number of para-hydroxylation sites is 1. The molecule has 4 aromatic rings. The molecule has 1 aromatic heterocycles. The van der Waals surface area contributed by atoms with Crippen LogP contribution in [0.25, 0.3) is 11.3 Å². The third kappa shape index (κ3) is 5.81. The maximum absolute atomic E-state index is 13.4. The van der Waals surface area contributed by atoms with Gasteiger partial charge in [0.15, 0.2) is 0 Å². The number of nitrogens with zero attached hydrogens (tertiary/aromatic N) is 3. The van der Waals surface area contributed by atoms with Gasteiger partial charge in [-0.2, -0.15) is 5.10 Å². The summed E-state index contributed by atoms with van der Waals surface area (Å²) in [6.45, 7) is 1.10. The van der Waals surface area contributed by atoms with Crippen LogP contribution < -0.4 is 5.32 Å². The SMILES string of the molecule is COC(=O)c1ccc(C2CCN(C(=O)c3cc(NC(=O)c4cnn(C)c4-c4ccccc4O)ccc3Cl)CC2)cc1. The fraction of sp³-hybridized carbons (Fsp3) is 0.226. The number of rotatable bonds is 6. The van der Waals surface area contributed by atoms with E-state index in [4.69, 9.17) is 16.3 Å². The fourth-order valence-electron chi connectivity index (χ4n) is 5.16. The normalized spacial score (nSPS) is 13.6. The van der Waals surface area contributed by atoms with Crippen molar-refractivity contribution in [2.75, 3.05) is 25.5 Å². The van der Waals surface area contributed by atoms with Crippen molar-refractivity contribution in [1.82, 2.24) is 14.7 Å². The van der Waals surface area contributed by atoms with E-state index in [1.807, 2.05) is 12.1 Å². The van der Waals surface area contributed by atoms with Crippen molar-refractivity contribution in [2.45, 2.75) is 18.8 Å². The first-order chi connectivity index (χ1) is 19.8. The van der Waals surface area contributed by atoms with Gasteiger partial charge in [0.25, 0.3) is 11.8 Å². The lowest BCUT2D eigenvalue weighted by atomic mass is 9.88. The highest BCUT2D eigenvalue weighted by Gasteiger charge is 2.27. The number of carbonyl (C=O) groups is 3. The van der Waals surface area contributed by atoms with E-state index in [9.17, 15) is 19.5 Å². The van der Waals surface area contributed by atoms with E-state index in [0.29, 0.717) is 46.2 Å². The average molecular weight is 573 g/mol.